The van der Waals surface area contributed by atoms with Crippen LogP contribution in [0.15, 0.2) is 54.6 Å². The van der Waals surface area contributed by atoms with Gasteiger partial charge in [-0.05, 0) is 104 Å². The number of rotatable bonds is 7. The number of phenolic OH excluding ortho intramolecular Hbond substituents is 1. The van der Waals surface area contributed by atoms with Gasteiger partial charge < -0.3 is 14.6 Å². The molecule has 5 nitrogen and oxygen atoms in total. The quantitative estimate of drug-likeness (QED) is 0.296. The third kappa shape index (κ3) is 5.17. The molecule has 2 aliphatic heterocycles. The molecule has 0 aromatic heterocycles. The van der Waals surface area contributed by atoms with Crippen LogP contribution in [0.2, 0.25) is 5.02 Å². The van der Waals surface area contributed by atoms with Crippen molar-refractivity contribution in [1.82, 2.24) is 4.90 Å². The molecule has 3 fully saturated rings. The Bertz CT molecular complexity index is 1600. The van der Waals surface area contributed by atoms with E-state index in [4.69, 9.17) is 21.1 Å². The lowest BCUT2D eigenvalue weighted by Crippen LogP contribution is -2.36. The highest BCUT2D eigenvalue weighted by molar-refractivity contribution is 6.34. The predicted octanol–water partition coefficient (Wildman–Crippen LogP) is 8.40. The van der Waals surface area contributed by atoms with E-state index in [2.05, 4.69) is 17.9 Å². The minimum Gasteiger partial charge on any atom is -0.506 e. The van der Waals surface area contributed by atoms with Crippen LogP contribution in [0.3, 0.4) is 0 Å². The summed E-state index contributed by atoms with van der Waals surface area (Å²) < 4.78 is 28.5. The first-order valence-electron chi connectivity index (χ1n) is 15.5. The maximum Gasteiger partial charge on any atom is 0.150 e. The van der Waals surface area contributed by atoms with Crippen molar-refractivity contribution in [2.45, 2.75) is 57.6 Å². The number of hydrogen-bond acceptors (Lipinski definition) is 5. The average molecular weight is 599 g/mol. The molecular formula is C36H36ClFN2O3. The van der Waals surface area contributed by atoms with Crippen molar-refractivity contribution in [3.63, 3.8) is 0 Å². The Kier molecular flexibility index (Phi) is 7.57. The lowest BCUT2D eigenvalue weighted by Gasteiger charge is -2.39. The number of nitriles is 1. The summed E-state index contributed by atoms with van der Waals surface area (Å²) >= 11 is 6.70. The fraction of sp³-hybridized carbons (Fsp3) is 0.417. The van der Waals surface area contributed by atoms with E-state index in [0.29, 0.717) is 40.7 Å². The maximum atomic E-state index is 15.6. The number of aromatic hydroxyl groups is 1. The lowest BCUT2D eigenvalue weighted by molar-refractivity contribution is 0.163. The van der Waals surface area contributed by atoms with Crippen molar-refractivity contribution in [3.05, 3.63) is 87.7 Å². The molecule has 0 amide bonds. The summed E-state index contributed by atoms with van der Waals surface area (Å²) in [4.78, 5) is 2.57. The van der Waals surface area contributed by atoms with Gasteiger partial charge in [0.15, 0.2) is 0 Å². The molecule has 3 aromatic rings. The molecule has 7 heteroatoms. The second-order valence-corrected chi connectivity index (χ2v) is 13.0. The van der Waals surface area contributed by atoms with Crippen molar-refractivity contribution in [1.29, 1.82) is 5.26 Å². The van der Waals surface area contributed by atoms with E-state index in [1.54, 1.807) is 12.1 Å². The van der Waals surface area contributed by atoms with Crippen LogP contribution >= 0.6 is 11.6 Å². The molecular weight excluding hydrogens is 563 g/mol. The maximum absolute atomic E-state index is 15.6. The van der Waals surface area contributed by atoms with E-state index >= 15 is 4.39 Å². The zero-order valence-corrected chi connectivity index (χ0v) is 25.1. The highest BCUT2D eigenvalue weighted by Crippen LogP contribution is 2.56. The van der Waals surface area contributed by atoms with Crippen LogP contribution in [0.5, 0.6) is 17.2 Å². The van der Waals surface area contributed by atoms with Crippen molar-refractivity contribution in [2.24, 2.45) is 17.8 Å². The van der Waals surface area contributed by atoms with Crippen LogP contribution in [-0.2, 0) is 0 Å². The summed E-state index contributed by atoms with van der Waals surface area (Å²) in [5.74, 6) is 2.70. The Labute approximate surface area is 257 Å². The van der Waals surface area contributed by atoms with Gasteiger partial charge in [0.25, 0.3) is 0 Å². The van der Waals surface area contributed by atoms with Crippen LogP contribution in [0.4, 0.5) is 4.39 Å². The summed E-state index contributed by atoms with van der Waals surface area (Å²) in [5.41, 5.74) is 3.68. The van der Waals surface area contributed by atoms with Gasteiger partial charge in [-0.3, -0.25) is 4.90 Å². The molecule has 4 atom stereocenters. The first-order chi connectivity index (χ1) is 20.9. The third-order valence-electron chi connectivity index (χ3n) is 10.1. The molecule has 4 aliphatic rings. The molecule has 222 valence electrons. The fourth-order valence-corrected chi connectivity index (χ4v) is 7.75. The SMILES string of the molecule is CC(COc1ccc(C2Oc3ccc(O)c(Cl)c3C(C3CCC3)=C2c2cc(C#N)ccc2F)cc1)N1C[C@H]2CCC[C@H]2C1. The van der Waals surface area contributed by atoms with Crippen molar-refractivity contribution in [2.75, 3.05) is 19.7 Å². The van der Waals surface area contributed by atoms with Crippen LogP contribution in [0.25, 0.3) is 11.1 Å². The number of nitrogens with zero attached hydrogens (tertiary/aromatic N) is 2. The normalized spacial score (nSPS) is 24.1. The predicted molar refractivity (Wildman–Crippen MR) is 166 cm³/mol. The number of fused-ring (bicyclic) bond motifs is 2. The summed E-state index contributed by atoms with van der Waals surface area (Å²) in [7, 11) is 0. The highest BCUT2D eigenvalue weighted by atomic mass is 35.5. The summed E-state index contributed by atoms with van der Waals surface area (Å²) in [5, 5.41) is 20.4. The van der Waals surface area contributed by atoms with Crippen LogP contribution < -0.4 is 9.47 Å². The van der Waals surface area contributed by atoms with Gasteiger partial charge in [-0.25, -0.2) is 4.39 Å². The molecule has 0 spiro atoms. The Hall–Kier alpha value is -3.53. The number of phenols is 1. The lowest BCUT2D eigenvalue weighted by atomic mass is 9.71. The Balaban J connectivity index is 1.22. The van der Waals surface area contributed by atoms with Gasteiger partial charge in [0.2, 0.25) is 0 Å². The van der Waals surface area contributed by atoms with Gasteiger partial charge in [0.1, 0.15) is 35.8 Å². The smallest absolute Gasteiger partial charge is 0.150 e. The zero-order chi connectivity index (χ0) is 29.7. The Morgan fingerprint density at radius 1 is 1.02 bits per heavy atom. The van der Waals surface area contributed by atoms with Gasteiger partial charge in [-0.1, -0.05) is 36.6 Å². The summed E-state index contributed by atoms with van der Waals surface area (Å²) in [6.45, 7) is 5.22. The van der Waals surface area contributed by atoms with Crippen molar-refractivity contribution < 1.29 is 19.0 Å². The molecule has 2 unspecified atom stereocenters. The monoisotopic (exact) mass is 598 g/mol. The molecule has 2 aliphatic carbocycles. The largest absolute Gasteiger partial charge is 0.506 e. The van der Waals surface area contributed by atoms with E-state index < -0.39 is 11.9 Å². The Morgan fingerprint density at radius 3 is 2.42 bits per heavy atom. The summed E-state index contributed by atoms with van der Waals surface area (Å²) in [6, 6.07) is 18.0. The molecule has 43 heavy (non-hydrogen) atoms. The molecule has 2 saturated carbocycles. The van der Waals surface area contributed by atoms with Gasteiger partial charge in [0, 0.05) is 35.8 Å². The van der Waals surface area contributed by atoms with E-state index in [9.17, 15) is 10.4 Å². The highest BCUT2D eigenvalue weighted by Gasteiger charge is 2.40. The topological polar surface area (TPSA) is 65.7 Å². The molecule has 0 bridgehead atoms. The first-order valence-corrected chi connectivity index (χ1v) is 15.9. The van der Waals surface area contributed by atoms with Gasteiger partial charge >= 0.3 is 0 Å². The van der Waals surface area contributed by atoms with E-state index in [1.165, 1.54) is 50.6 Å². The minimum atomic E-state index is -0.635. The summed E-state index contributed by atoms with van der Waals surface area (Å²) in [6.07, 6.45) is 6.38. The number of hydrogen-bond donors (Lipinski definition) is 1. The standard InChI is InChI=1S/C36H36ClFN2O3/c1-21(40-18-25-6-3-7-26(25)19-40)20-42-27-11-9-24(10-12-27)36-33(28-16-22(17-39)8-13-29(28)38)32(23-4-2-5-23)34-31(43-36)15-14-30(41)35(34)37/h8-16,21,23,25-26,36,41H,2-7,18-20H2,1H3/t21?,25-,26+,36?. The number of ether oxygens (including phenoxy) is 2. The van der Waals surface area contributed by atoms with Crippen LogP contribution in [0, 0.1) is 34.9 Å². The first kappa shape index (κ1) is 28.3. The number of allylic oxidation sites excluding steroid dienone is 1. The van der Waals surface area contributed by atoms with E-state index in [1.807, 2.05) is 24.3 Å². The van der Waals surface area contributed by atoms with Gasteiger partial charge in [0.05, 0.1) is 16.7 Å². The third-order valence-corrected chi connectivity index (χ3v) is 10.5. The Morgan fingerprint density at radius 2 is 1.74 bits per heavy atom. The number of likely N-dealkylation sites (tertiary alicyclic amines) is 1. The van der Waals surface area contributed by atoms with E-state index in [0.717, 1.165) is 48.0 Å². The van der Waals surface area contributed by atoms with Crippen LogP contribution in [-0.4, -0.2) is 35.7 Å². The zero-order valence-electron chi connectivity index (χ0n) is 24.4. The molecule has 1 N–H and O–H groups in total. The molecule has 0 radical (unpaired) electrons. The number of benzene rings is 3. The van der Waals surface area contributed by atoms with Gasteiger partial charge in [-0.2, -0.15) is 5.26 Å². The molecule has 1 saturated heterocycles. The molecule has 3 aromatic carbocycles. The second kappa shape index (κ2) is 11.5. The average Bonchev–Trinajstić information content (AvgIpc) is 3.61. The molecule has 2 heterocycles. The minimum absolute atomic E-state index is 0.0437. The fourth-order valence-electron chi connectivity index (χ4n) is 7.49. The number of halogens is 2. The van der Waals surface area contributed by atoms with Crippen LogP contribution in [0.1, 0.15) is 73.8 Å². The molecule has 7 rings (SSSR count). The van der Waals surface area contributed by atoms with Gasteiger partial charge in [-0.15, -0.1) is 0 Å². The second-order valence-electron chi connectivity index (χ2n) is 12.7. The van der Waals surface area contributed by atoms with Crippen molar-refractivity contribution >= 4 is 22.7 Å². The van der Waals surface area contributed by atoms with E-state index in [-0.39, 0.29) is 16.7 Å². The van der Waals surface area contributed by atoms with Crippen molar-refractivity contribution in [3.8, 4) is 23.3 Å².